The lowest BCUT2D eigenvalue weighted by molar-refractivity contribution is -0.111. The summed E-state index contributed by atoms with van der Waals surface area (Å²) in [6.07, 6.45) is 3.18. The van der Waals surface area contributed by atoms with Crippen molar-refractivity contribution in [1.82, 2.24) is 0 Å². The Kier molecular flexibility index (Phi) is 4.29. The normalized spacial score (nSPS) is 10.4. The number of benzene rings is 2. The number of rotatable bonds is 4. The maximum absolute atomic E-state index is 11.7. The van der Waals surface area contributed by atoms with Gasteiger partial charge in [0.05, 0.1) is 0 Å². The number of hydrogen-bond donors (Lipinski definition) is 2. The molecule has 0 fully saturated rings. The molecule has 2 aromatic rings. The van der Waals surface area contributed by atoms with Crippen LogP contribution in [0.5, 0.6) is 0 Å². The van der Waals surface area contributed by atoms with E-state index < -0.39 is 5.91 Å². The van der Waals surface area contributed by atoms with Crippen LogP contribution in [0.15, 0.2) is 60.7 Å². The molecule has 100 valence electrons. The lowest BCUT2D eigenvalue weighted by atomic mass is 10.2. The van der Waals surface area contributed by atoms with Crippen molar-refractivity contribution in [3.63, 3.8) is 0 Å². The summed E-state index contributed by atoms with van der Waals surface area (Å²) in [4.78, 5) is 22.6. The molecule has 0 bridgehead atoms. The average molecular weight is 266 g/mol. The van der Waals surface area contributed by atoms with Gasteiger partial charge in [0.1, 0.15) is 0 Å². The molecule has 0 unspecified atom stereocenters. The average Bonchev–Trinajstić information content (AvgIpc) is 2.47. The van der Waals surface area contributed by atoms with Crippen LogP contribution in [0.2, 0.25) is 0 Å². The Morgan fingerprint density at radius 3 is 2.20 bits per heavy atom. The molecule has 2 aromatic carbocycles. The van der Waals surface area contributed by atoms with Crippen LogP contribution in [0, 0.1) is 0 Å². The van der Waals surface area contributed by atoms with Crippen LogP contribution in [0.25, 0.3) is 6.08 Å². The zero-order valence-corrected chi connectivity index (χ0v) is 10.7. The molecule has 2 rings (SSSR count). The predicted octanol–water partition coefficient (Wildman–Crippen LogP) is 2.44. The Morgan fingerprint density at radius 1 is 0.950 bits per heavy atom. The summed E-state index contributed by atoms with van der Waals surface area (Å²) in [5.41, 5.74) is 7.10. The van der Waals surface area contributed by atoms with Crippen molar-refractivity contribution in [2.45, 2.75) is 0 Å². The van der Waals surface area contributed by atoms with Gasteiger partial charge in [-0.05, 0) is 35.9 Å². The summed E-state index contributed by atoms with van der Waals surface area (Å²) in [6, 6.07) is 15.9. The minimum absolute atomic E-state index is 0.235. The van der Waals surface area contributed by atoms with Gasteiger partial charge in [-0.3, -0.25) is 9.59 Å². The van der Waals surface area contributed by atoms with Gasteiger partial charge in [-0.2, -0.15) is 0 Å². The first-order valence-electron chi connectivity index (χ1n) is 6.09. The molecule has 3 N–H and O–H groups in total. The molecule has 0 radical (unpaired) electrons. The van der Waals surface area contributed by atoms with Gasteiger partial charge in [0.15, 0.2) is 0 Å². The molecule has 20 heavy (non-hydrogen) atoms. The fraction of sp³-hybridized carbons (Fsp3) is 0. The lowest BCUT2D eigenvalue weighted by Gasteiger charge is -2.02. The molecule has 0 aromatic heterocycles. The first kappa shape index (κ1) is 13.5. The summed E-state index contributed by atoms with van der Waals surface area (Å²) in [7, 11) is 0. The summed E-state index contributed by atoms with van der Waals surface area (Å²) < 4.78 is 0. The Balaban J connectivity index is 1.98. The largest absolute Gasteiger partial charge is 0.366 e. The SMILES string of the molecule is NC(=O)c1ccc(NC(=O)/C=C\c2ccccc2)cc1. The number of carbonyl (C=O) groups is 2. The third-order valence-corrected chi connectivity index (χ3v) is 2.66. The van der Waals surface area contributed by atoms with E-state index in [1.54, 1.807) is 30.3 Å². The van der Waals surface area contributed by atoms with E-state index in [-0.39, 0.29) is 5.91 Å². The summed E-state index contributed by atoms with van der Waals surface area (Å²) in [5, 5.41) is 2.70. The number of primary amides is 1. The Labute approximate surface area is 116 Å². The van der Waals surface area contributed by atoms with Crippen LogP contribution in [-0.4, -0.2) is 11.8 Å². The van der Waals surface area contributed by atoms with Crippen LogP contribution < -0.4 is 11.1 Å². The second-order valence-corrected chi connectivity index (χ2v) is 4.17. The van der Waals surface area contributed by atoms with Crippen molar-refractivity contribution in [2.75, 3.05) is 5.32 Å². The molecule has 0 aliphatic heterocycles. The van der Waals surface area contributed by atoms with Gasteiger partial charge in [-0.25, -0.2) is 0 Å². The zero-order chi connectivity index (χ0) is 14.4. The second-order valence-electron chi connectivity index (χ2n) is 4.17. The summed E-state index contributed by atoms with van der Waals surface area (Å²) >= 11 is 0. The molecular weight excluding hydrogens is 252 g/mol. The van der Waals surface area contributed by atoms with Crippen molar-refractivity contribution in [1.29, 1.82) is 0 Å². The van der Waals surface area contributed by atoms with Gasteiger partial charge in [0, 0.05) is 17.3 Å². The van der Waals surface area contributed by atoms with E-state index in [4.69, 9.17) is 5.73 Å². The number of carbonyl (C=O) groups excluding carboxylic acids is 2. The quantitative estimate of drug-likeness (QED) is 0.834. The highest BCUT2D eigenvalue weighted by molar-refractivity contribution is 6.02. The number of anilines is 1. The third kappa shape index (κ3) is 3.81. The summed E-state index contributed by atoms with van der Waals surface area (Å²) in [6.45, 7) is 0. The van der Waals surface area contributed by atoms with Gasteiger partial charge < -0.3 is 11.1 Å². The second kappa shape index (κ2) is 6.33. The fourth-order valence-corrected chi connectivity index (χ4v) is 1.64. The van der Waals surface area contributed by atoms with Crippen LogP contribution in [-0.2, 0) is 4.79 Å². The van der Waals surface area contributed by atoms with Gasteiger partial charge >= 0.3 is 0 Å². The molecule has 0 spiro atoms. The number of hydrogen-bond acceptors (Lipinski definition) is 2. The zero-order valence-electron chi connectivity index (χ0n) is 10.7. The van der Waals surface area contributed by atoms with E-state index in [2.05, 4.69) is 5.32 Å². The number of nitrogens with one attached hydrogen (secondary N) is 1. The smallest absolute Gasteiger partial charge is 0.248 e. The van der Waals surface area contributed by atoms with E-state index in [1.165, 1.54) is 6.08 Å². The maximum Gasteiger partial charge on any atom is 0.248 e. The topological polar surface area (TPSA) is 72.2 Å². The number of amides is 2. The van der Waals surface area contributed by atoms with Gasteiger partial charge in [0.25, 0.3) is 0 Å². The highest BCUT2D eigenvalue weighted by Gasteiger charge is 2.01. The monoisotopic (exact) mass is 266 g/mol. The molecule has 4 heteroatoms. The minimum Gasteiger partial charge on any atom is -0.366 e. The Bertz CT molecular complexity index is 631. The van der Waals surface area contributed by atoms with E-state index in [0.29, 0.717) is 11.3 Å². The molecule has 0 aliphatic rings. The van der Waals surface area contributed by atoms with Crippen LogP contribution in [0.4, 0.5) is 5.69 Å². The van der Waals surface area contributed by atoms with Crippen LogP contribution in [0.1, 0.15) is 15.9 Å². The van der Waals surface area contributed by atoms with Crippen molar-refractivity contribution in [2.24, 2.45) is 5.73 Å². The van der Waals surface area contributed by atoms with Crippen molar-refractivity contribution < 1.29 is 9.59 Å². The number of nitrogens with two attached hydrogens (primary N) is 1. The van der Waals surface area contributed by atoms with Gasteiger partial charge in [-0.1, -0.05) is 30.3 Å². The standard InChI is InChI=1S/C16H14N2O2/c17-16(20)13-7-9-14(10-8-13)18-15(19)11-6-12-4-2-1-3-5-12/h1-11H,(H2,17,20)(H,18,19)/b11-6-. The molecule has 0 atom stereocenters. The Morgan fingerprint density at radius 2 is 1.60 bits per heavy atom. The molecule has 0 aliphatic carbocycles. The Hall–Kier alpha value is -2.88. The third-order valence-electron chi connectivity index (χ3n) is 2.66. The highest BCUT2D eigenvalue weighted by Crippen LogP contribution is 2.09. The fourth-order valence-electron chi connectivity index (χ4n) is 1.64. The van der Waals surface area contributed by atoms with Crippen molar-refractivity contribution in [3.8, 4) is 0 Å². The molecule has 0 saturated carbocycles. The van der Waals surface area contributed by atoms with Gasteiger partial charge in [0.2, 0.25) is 11.8 Å². The van der Waals surface area contributed by atoms with E-state index >= 15 is 0 Å². The van der Waals surface area contributed by atoms with Crippen LogP contribution >= 0.6 is 0 Å². The van der Waals surface area contributed by atoms with E-state index in [9.17, 15) is 9.59 Å². The lowest BCUT2D eigenvalue weighted by Crippen LogP contribution is -2.11. The van der Waals surface area contributed by atoms with Crippen molar-refractivity contribution in [3.05, 3.63) is 71.8 Å². The molecular formula is C16H14N2O2. The highest BCUT2D eigenvalue weighted by atomic mass is 16.1. The molecule has 0 saturated heterocycles. The predicted molar refractivity (Wildman–Crippen MR) is 79.1 cm³/mol. The maximum atomic E-state index is 11.7. The van der Waals surface area contributed by atoms with Crippen LogP contribution in [0.3, 0.4) is 0 Å². The molecule has 2 amide bonds. The molecule has 4 nitrogen and oxygen atoms in total. The minimum atomic E-state index is -0.494. The molecule has 0 heterocycles. The van der Waals surface area contributed by atoms with E-state index in [0.717, 1.165) is 5.56 Å². The first-order chi connectivity index (χ1) is 9.65. The summed E-state index contributed by atoms with van der Waals surface area (Å²) in [5.74, 6) is -0.729. The van der Waals surface area contributed by atoms with Crippen molar-refractivity contribution >= 4 is 23.6 Å². The van der Waals surface area contributed by atoms with E-state index in [1.807, 2.05) is 30.3 Å². The van der Waals surface area contributed by atoms with Gasteiger partial charge in [-0.15, -0.1) is 0 Å². The first-order valence-corrected chi connectivity index (χ1v) is 6.09.